The number of anilines is 1. The van der Waals surface area contributed by atoms with Crippen molar-refractivity contribution >= 4 is 40.1 Å². The lowest BCUT2D eigenvalue weighted by Gasteiger charge is -2.13. The second-order valence-electron chi connectivity index (χ2n) is 5.90. The van der Waals surface area contributed by atoms with E-state index in [-0.39, 0.29) is 18.2 Å². The maximum absolute atomic E-state index is 12.6. The van der Waals surface area contributed by atoms with Crippen molar-refractivity contribution in [3.8, 4) is 5.75 Å². The molecule has 0 bridgehead atoms. The van der Waals surface area contributed by atoms with Crippen LogP contribution in [0.4, 0.5) is 11.4 Å². The van der Waals surface area contributed by atoms with Gasteiger partial charge in [-0.2, -0.15) is 0 Å². The number of para-hydroxylation sites is 1. The molecule has 140 valence electrons. The number of carbonyl (C=O) groups is 2. The Morgan fingerprint density at radius 2 is 2.00 bits per heavy atom. The van der Waals surface area contributed by atoms with Crippen LogP contribution >= 0.6 is 11.8 Å². The lowest BCUT2D eigenvalue weighted by atomic mass is 10.2. The number of nitrogens with zero attached hydrogens (tertiary/aromatic N) is 2. The van der Waals surface area contributed by atoms with Crippen LogP contribution in [0.3, 0.4) is 0 Å². The van der Waals surface area contributed by atoms with E-state index in [0.29, 0.717) is 23.1 Å². The summed E-state index contributed by atoms with van der Waals surface area (Å²) in [6, 6.07) is 16.6. The van der Waals surface area contributed by atoms with Crippen LogP contribution in [0.5, 0.6) is 5.75 Å². The largest absolute Gasteiger partial charge is 0.497 e. The predicted molar refractivity (Wildman–Crippen MR) is 109 cm³/mol. The molecule has 0 spiro atoms. The highest BCUT2D eigenvalue weighted by atomic mass is 32.2. The van der Waals surface area contributed by atoms with Gasteiger partial charge in [0, 0.05) is 24.7 Å². The first kappa shape index (κ1) is 19.0. The van der Waals surface area contributed by atoms with Crippen molar-refractivity contribution in [3.63, 3.8) is 0 Å². The van der Waals surface area contributed by atoms with E-state index < -0.39 is 5.25 Å². The van der Waals surface area contributed by atoms with Crippen LogP contribution in [0.1, 0.15) is 13.3 Å². The van der Waals surface area contributed by atoms with E-state index >= 15 is 0 Å². The first-order valence-corrected chi connectivity index (χ1v) is 9.54. The van der Waals surface area contributed by atoms with Crippen molar-refractivity contribution in [1.29, 1.82) is 0 Å². The van der Waals surface area contributed by atoms with Gasteiger partial charge in [-0.25, -0.2) is 4.99 Å². The van der Waals surface area contributed by atoms with Gasteiger partial charge in [-0.15, -0.1) is 0 Å². The van der Waals surface area contributed by atoms with Crippen molar-refractivity contribution in [3.05, 3.63) is 54.6 Å². The molecular formula is C20H21N3O3S. The Kier molecular flexibility index (Phi) is 6.13. The molecule has 0 aliphatic carbocycles. The van der Waals surface area contributed by atoms with Crippen molar-refractivity contribution in [2.24, 2.45) is 4.99 Å². The maximum atomic E-state index is 12.6. The molecule has 6 nitrogen and oxygen atoms in total. The monoisotopic (exact) mass is 383 g/mol. The van der Waals surface area contributed by atoms with Gasteiger partial charge < -0.3 is 10.1 Å². The lowest BCUT2D eigenvalue weighted by Crippen LogP contribution is -2.33. The molecule has 7 heteroatoms. The van der Waals surface area contributed by atoms with E-state index in [9.17, 15) is 9.59 Å². The minimum absolute atomic E-state index is 0.0852. The Morgan fingerprint density at radius 1 is 1.22 bits per heavy atom. The van der Waals surface area contributed by atoms with Gasteiger partial charge in [0.1, 0.15) is 11.0 Å². The first-order chi connectivity index (χ1) is 13.1. The highest BCUT2D eigenvalue weighted by Gasteiger charge is 2.38. The van der Waals surface area contributed by atoms with Crippen LogP contribution in [0.15, 0.2) is 59.6 Å². The number of aliphatic imine (C=N–C) groups is 1. The summed E-state index contributed by atoms with van der Waals surface area (Å²) in [5.41, 5.74) is 1.42. The summed E-state index contributed by atoms with van der Waals surface area (Å²) in [6.45, 7) is 2.42. The number of thioether (sulfide) groups is 1. The third-order valence-electron chi connectivity index (χ3n) is 4.04. The molecule has 2 aromatic rings. The van der Waals surface area contributed by atoms with Crippen molar-refractivity contribution < 1.29 is 14.3 Å². The minimum Gasteiger partial charge on any atom is -0.497 e. The standard InChI is InChI=1S/C20H21N3O3S/c1-3-23-19(25)17(27-20(23)22-14-8-5-4-6-9-14)13-18(24)21-15-10-7-11-16(12-15)26-2/h4-12,17H,3,13H2,1-2H3,(H,21,24)/t17-/m1/s1. The van der Waals surface area contributed by atoms with Crippen LogP contribution in [0.25, 0.3) is 0 Å². The Hall–Kier alpha value is -2.80. The average Bonchev–Trinajstić information content (AvgIpc) is 2.96. The third-order valence-corrected chi connectivity index (χ3v) is 5.22. The maximum Gasteiger partial charge on any atom is 0.242 e. The molecule has 1 saturated heterocycles. The molecule has 1 aliphatic rings. The summed E-state index contributed by atoms with van der Waals surface area (Å²) in [4.78, 5) is 31.2. The zero-order valence-electron chi connectivity index (χ0n) is 15.2. The number of amidine groups is 1. The zero-order valence-corrected chi connectivity index (χ0v) is 16.0. The van der Waals surface area contributed by atoms with E-state index in [1.165, 1.54) is 11.8 Å². The van der Waals surface area contributed by atoms with Gasteiger partial charge in [-0.05, 0) is 31.2 Å². The Morgan fingerprint density at radius 3 is 2.70 bits per heavy atom. The molecular weight excluding hydrogens is 362 g/mol. The lowest BCUT2D eigenvalue weighted by molar-refractivity contribution is -0.128. The SMILES string of the molecule is CCN1C(=O)[C@@H](CC(=O)Nc2cccc(OC)c2)SC1=Nc1ccccc1. The quantitative estimate of drug-likeness (QED) is 0.826. The summed E-state index contributed by atoms with van der Waals surface area (Å²) in [5, 5.41) is 2.98. The number of rotatable bonds is 6. The number of benzene rings is 2. The Bertz CT molecular complexity index is 855. The van der Waals surface area contributed by atoms with Crippen molar-refractivity contribution in [1.82, 2.24) is 4.90 Å². The smallest absolute Gasteiger partial charge is 0.242 e. The topological polar surface area (TPSA) is 71.0 Å². The summed E-state index contributed by atoms with van der Waals surface area (Å²) in [5.74, 6) is 0.359. The van der Waals surface area contributed by atoms with Gasteiger partial charge in [0.2, 0.25) is 11.8 Å². The molecule has 1 atom stereocenters. The molecule has 1 fully saturated rings. The number of methoxy groups -OCH3 is 1. The van der Waals surface area contributed by atoms with Gasteiger partial charge >= 0.3 is 0 Å². The van der Waals surface area contributed by atoms with Gasteiger partial charge in [0.25, 0.3) is 0 Å². The third kappa shape index (κ3) is 4.68. The van der Waals surface area contributed by atoms with Gasteiger partial charge in [0.15, 0.2) is 5.17 Å². The summed E-state index contributed by atoms with van der Waals surface area (Å²) in [6.07, 6.45) is 0.0883. The van der Waals surface area contributed by atoms with Crippen LogP contribution in [0, 0.1) is 0 Å². The molecule has 2 aromatic carbocycles. The fraction of sp³-hybridized carbons (Fsp3) is 0.250. The van der Waals surface area contributed by atoms with Gasteiger partial charge in [0.05, 0.1) is 12.8 Å². The zero-order chi connectivity index (χ0) is 19.2. The van der Waals surface area contributed by atoms with Crippen LogP contribution in [-0.4, -0.2) is 40.8 Å². The highest BCUT2D eigenvalue weighted by molar-refractivity contribution is 8.15. The Balaban J connectivity index is 1.68. The highest BCUT2D eigenvalue weighted by Crippen LogP contribution is 2.31. The first-order valence-electron chi connectivity index (χ1n) is 8.66. The fourth-order valence-corrected chi connectivity index (χ4v) is 3.93. The molecule has 1 aliphatic heterocycles. The van der Waals surface area contributed by atoms with Crippen LogP contribution in [0.2, 0.25) is 0 Å². The summed E-state index contributed by atoms with van der Waals surface area (Å²) >= 11 is 1.33. The number of hydrogen-bond donors (Lipinski definition) is 1. The van der Waals surface area contributed by atoms with Crippen LogP contribution in [-0.2, 0) is 9.59 Å². The fourth-order valence-electron chi connectivity index (χ4n) is 2.71. The predicted octanol–water partition coefficient (Wildman–Crippen LogP) is 3.68. The number of amides is 2. The summed E-state index contributed by atoms with van der Waals surface area (Å²) < 4.78 is 5.15. The minimum atomic E-state index is -0.474. The molecule has 0 saturated carbocycles. The number of carbonyl (C=O) groups excluding carboxylic acids is 2. The second-order valence-corrected chi connectivity index (χ2v) is 7.07. The molecule has 0 unspecified atom stereocenters. The van der Waals surface area contributed by atoms with Crippen LogP contribution < -0.4 is 10.1 Å². The van der Waals surface area contributed by atoms with Gasteiger partial charge in [-0.3, -0.25) is 14.5 Å². The van der Waals surface area contributed by atoms with Crippen molar-refractivity contribution in [2.45, 2.75) is 18.6 Å². The van der Waals surface area contributed by atoms with Crippen molar-refractivity contribution in [2.75, 3.05) is 19.0 Å². The Labute approximate surface area is 162 Å². The van der Waals surface area contributed by atoms with E-state index in [1.807, 2.05) is 37.3 Å². The molecule has 1 N–H and O–H groups in total. The second kappa shape index (κ2) is 8.73. The normalized spacial score (nSPS) is 18.0. The molecule has 3 rings (SSSR count). The number of hydrogen-bond acceptors (Lipinski definition) is 5. The van der Waals surface area contributed by atoms with E-state index in [4.69, 9.17) is 4.74 Å². The van der Waals surface area contributed by atoms with E-state index in [1.54, 1.807) is 36.3 Å². The van der Waals surface area contributed by atoms with E-state index in [0.717, 1.165) is 5.69 Å². The average molecular weight is 383 g/mol. The van der Waals surface area contributed by atoms with Gasteiger partial charge in [-0.1, -0.05) is 36.0 Å². The molecule has 0 radical (unpaired) electrons. The molecule has 0 aromatic heterocycles. The van der Waals surface area contributed by atoms with E-state index in [2.05, 4.69) is 10.3 Å². The molecule has 1 heterocycles. The number of ether oxygens (including phenoxy) is 1. The summed E-state index contributed by atoms with van der Waals surface area (Å²) in [7, 11) is 1.57. The number of nitrogens with one attached hydrogen (secondary N) is 1. The molecule has 27 heavy (non-hydrogen) atoms. The molecule has 2 amide bonds.